The lowest BCUT2D eigenvalue weighted by atomic mass is 9.88. The van der Waals surface area contributed by atoms with Crippen molar-refractivity contribution in [3.8, 4) is 56.7 Å². The Kier molecular flexibility index (Phi) is 8.52. The van der Waals surface area contributed by atoms with E-state index in [1.54, 1.807) is 0 Å². The Morgan fingerprint density at radius 1 is 0.250 bits per heavy atom. The molecule has 11 aromatic carbocycles. The molecule has 5 heteroatoms. The summed E-state index contributed by atoms with van der Waals surface area (Å²) in [5, 5.41) is 11.8. The van der Waals surface area contributed by atoms with Gasteiger partial charge >= 0.3 is 0 Å². The Labute approximate surface area is 391 Å². The number of benzene rings is 11. The minimum atomic E-state index is 0.620. The van der Waals surface area contributed by atoms with Gasteiger partial charge in [0.1, 0.15) is 0 Å². The van der Waals surface area contributed by atoms with Crippen LogP contribution in [-0.4, -0.2) is 24.1 Å². The van der Waals surface area contributed by atoms with Gasteiger partial charge in [-0.1, -0.05) is 188 Å². The lowest BCUT2D eigenvalue weighted by Gasteiger charge is -2.18. The molecular weight excluding hydrogens is 827 g/mol. The van der Waals surface area contributed by atoms with E-state index in [1.165, 1.54) is 48.7 Å². The molecule has 0 unspecified atom stereocenters. The molecule has 0 radical (unpaired) electrons. The minimum absolute atomic E-state index is 0.620. The van der Waals surface area contributed by atoms with Crippen LogP contribution < -0.4 is 0 Å². The molecule has 14 aromatic rings. The zero-order chi connectivity index (χ0) is 44.7. The summed E-state index contributed by atoms with van der Waals surface area (Å²) in [6.07, 6.45) is 0. The first-order valence-electron chi connectivity index (χ1n) is 23.1. The van der Waals surface area contributed by atoms with Crippen LogP contribution in [0.15, 0.2) is 237 Å². The zero-order valence-corrected chi connectivity index (χ0v) is 36.8. The highest BCUT2D eigenvalue weighted by Crippen LogP contribution is 2.47. The predicted molar refractivity (Wildman–Crippen MR) is 283 cm³/mol. The number of para-hydroxylation sites is 4. The average Bonchev–Trinajstić information content (AvgIpc) is 3.95. The molecule has 0 N–H and O–H groups in total. The first kappa shape index (κ1) is 38.1. The van der Waals surface area contributed by atoms with Gasteiger partial charge in [-0.05, 0) is 81.0 Å². The highest BCUT2D eigenvalue weighted by Gasteiger charge is 2.25. The fourth-order valence-corrected chi connectivity index (χ4v) is 10.8. The summed E-state index contributed by atoms with van der Waals surface area (Å²) >= 11 is 0. The van der Waals surface area contributed by atoms with E-state index in [9.17, 15) is 0 Å². The number of fused-ring (bicyclic) bond motifs is 13. The van der Waals surface area contributed by atoms with Crippen LogP contribution in [0.2, 0.25) is 0 Å². The van der Waals surface area contributed by atoms with Crippen molar-refractivity contribution in [2.75, 3.05) is 0 Å². The Hall–Kier alpha value is -9.19. The van der Waals surface area contributed by atoms with Crippen LogP contribution in [0.25, 0.3) is 133 Å². The fraction of sp³-hybridized carbons (Fsp3) is 0. The average molecular weight is 866 g/mol. The summed E-state index contributed by atoms with van der Waals surface area (Å²) in [6.45, 7) is 0. The van der Waals surface area contributed by atoms with Crippen LogP contribution in [0.5, 0.6) is 0 Å². The van der Waals surface area contributed by atoms with Crippen LogP contribution >= 0.6 is 0 Å². The van der Waals surface area contributed by atoms with E-state index in [0.717, 1.165) is 66.4 Å². The molecule has 0 bridgehead atoms. The van der Waals surface area contributed by atoms with Crippen molar-refractivity contribution in [3.63, 3.8) is 0 Å². The molecule has 0 saturated heterocycles. The molecule has 0 atom stereocenters. The van der Waals surface area contributed by atoms with Crippen molar-refractivity contribution < 1.29 is 0 Å². The first-order chi connectivity index (χ1) is 33.8. The van der Waals surface area contributed by atoms with Gasteiger partial charge in [0.2, 0.25) is 0 Å². The molecule has 0 aliphatic rings. The van der Waals surface area contributed by atoms with Crippen molar-refractivity contribution in [1.82, 2.24) is 24.1 Å². The molecule has 0 amide bonds. The molecule has 0 saturated carbocycles. The SMILES string of the molecule is c1ccc(-c2nc(-c3ccccc3)nc(-c3cc(-c4cccc5c6c(ccc7c8ccccc8n(-c8ccccc8)c76)n(-c6ccccc6)c45)cc4c5ccccc5c5ccccc5c34)n2)cc1. The molecule has 0 fully saturated rings. The van der Waals surface area contributed by atoms with E-state index in [-0.39, 0.29) is 0 Å². The highest BCUT2D eigenvalue weighted by molar-refractivity contribution is 6.30. The molecule has 0 spiro atoms. The lowest BCUT2D eigenvalue weighted by molar-refractivity contribution is 1.08. The quantitative estimate of drug-likeness (QED) is 0.156. The largest absolute Gasteiger partial charge is 0.309 e. The molecule has 68 heavy (non-hydrogen) atoms. The van der Waals surface area contributed by atoms with E-state index in [1.807, 2.05) is 36.4 Å². The van der Waals surface area contributed by atoms with E-state index < -0.39 is 0 Å². The van der Waals surface area contributed by atoms with E-state index in [2.05, 4.69) is 209 Å². The lowest BCUT2D eigenvalue weighted by Crippen LogP contribution is -2.01. The summed E-state index contributed by atoms with van der Waals surface area (Å²) in [7, 11) is 0. The Morgan fingerprint density at radius 2 is 0.735 bits per heavy atom. The zero-order valence-electron chi connectivity index (χ0n) is 36.8. The van der Waals surface area contributed by atoms with Gasteiger partial charge in [-0.25, -0.2) is 15.0 Å². The Bertz CT molecular complexity index is 4230. The molecule has 0 aliphatic carbocycles. The van der Waals surface area contributed by atoms with Crippen molar-refractivity contribution in [2.24, 2.45) is 0 Å². The number of rotatable bonds is 6. The standard InChI is InChI=1S/C63H39N5/c1-5-20-40(21-6-1)61-64-62(41-22-7-2-8-23-41)66-63(65-61)54-39-42(38-53-48-30-14-13-28-46(48)47-29-15-16-32-50(47)57(53)54)45-33-19-34-52-58-56(68(59(45)52)44-26-11-4-12-27-44)37-36-51-49-31-17-18-35-55(49)67(60(51)58)43-24-9-3-10-25-43/h1-39H. The van der Waals surface area contributed by atoms with Gasteiger partial charge < -0.3 is 9.13 Å². The molecular formula is C63H39N5. The summed E-state index contributed by atoms with van der Waals surface area (Å²) < 4.78 is 4.92. The van der Waals surface area contributed by atoms with Gasteiger partial charge in [-0.3, -0.25) is 0 Å². The van der Waals surface area contributed by atoms with Gasteiger partial charge in [0.25, 0.3) is 0 Å². The number of hydrogen-bond donors (Lipinski definition) is 0. The van der Waals surface area contributed by atoms with Crippen molar-refractivity contribution >= 4 is 75.9 Å². The third-order valence-electron chi connectivity index (χ3n) is 13.7. The number of hydrogen-bond acceptors (Lipinski definition) is 3. The maximum absolute atomic E-state index is 5.40. The second-order valence-corrected chi connectivity index (χ2v) is 17.5. The number of nitrogens with zero attached hydrogens (tertiary/aromatic N) is 5. The van der Waals surface area contributed by atoms with Crippen molar-refractivity contribution in [2.45, 2.75) is 0 Å². The van der Waals surface area contributed by atoms with Gasteiger partial charge in [-0.15, -0.1) is 0 Å². The van der Waals surface area contributed by atoms with Crippen LogP contribution in [0.4, 0.5) is 0 Å². The van der Waals surface area contributed by atoms with Gasteiger partial charge in [0, 0.05) is 60.6 Å². The van der Waals surface area contributed by atoms with Crippen LogP contribution in [-0.2, 0) is 0 Å². The van der Waals surface area contributed by atoms with E-state index >= 15 is 0 Å². The number of aromatic nitrogens is 5. The van der Waals surface area contributed by atoms with Crippen LogP contribution in [0.1, 0.15) is 0 Å². The molecule has 3 aromatic heterocycles. The summed E-state index contributed by atoms with van der Waals surface area (Å²) in [6, 6.07) is 84.6. The normalized spacial score (nSPS) is 11.8. The third-order valence-corrected chi connectivity index (χ3v) is 13.7. The monoisotopic (exact) mass is 865 g/mol. The smallest absolute Gasteiger partial charge is 0.164 e. The van der Waals surface area contributed by atoms with Gasteiger partial charge in [0.05, 0.1) is 22.1 Å². The topological polar surface area (TPSA) is 48.5 Å². The maximum Gasteiger partial charge on any atom is 0.164 e. The second kappa shape index (κ2) is 15.2. The van der Waals surface area contributed by atoms with E-state index in [4.69, 9.17) is 15.0 Å². The molecule has 0 aliphatic heterocycles. The summed E-state index contributed by atoms with van der Waals surface area (Å²) in [5.74, 6) is 1.87. The fourth-order valence-electron chi connectivity index (χ4n) is 10.8. The molecule has 5 nitrogen and oxygen atoms in total. The maximum atomic E-state index is 5.40. The third kappa shape index (κ3) is 5.79. The van der Waals surface area contributed by atoms with Gasteiger partial charge in [-0.2, -0.15) is 0 Å². The Balaban J connectivity index is 1.15. The van der Waals surface area contributed by atoms with Crippen LogP contribution in [0, 0.1) is 0 Å². The molecule has 14 rings (SSSR count). The van der Waals surface area contributed by atoms with Gasteiger partial charge in [0.15, 0.2) is 17.5 Å². The minimum Gasteiger partial charge on any atom is -0.309 e. The highest BCUT2D eigenvalue weighted by atomic mass is 15.0. The Morgan fingerprint density at radius 3 is 1.37 bits per heavy atom. The second-order valence-electron chi connectivity index (χ2n) is 17.5. The van der Waals surface area contributed by atoms with Crippen molar-refractivity contribution in [3.05, 3.63) is 237 Å². The van der Waals surface area contributed by atoms with E-state index in [0.29, 0.717) is 17.5 Å². The molecule has 3 heterocycles. The summed E-state index contributed by atoms with van der Waals surface area (Å²) in [4.78, 5) is 15.9. The molecule has 316 valence electrons. The predicted octanol–water partition coefficient (Wildman–Crippen LogP) is 16.2. The van der Waals surface area contributed by atoms with Crippen LogP contribution in [0.3, 0.4) is 0 Å². The first-order valence-corrected chi connectivity index (χ1v) is 23.1. The van der Waals surface area contributed by atoms with Crippen molar-refractivity contribution in [1.29, 1.82) is 0 Å². The summed E-state index contributed by atoms with van der Waals surface area (Å²) in [5.41, 5.74) is 11.9.